The maximum atomic E-state index is 13.5. The molecule has 0 unspecified atom stereocenters. The van der Waals surface area contributed by atoms with Crippen molar-refractivity contribution in [1.82, 2.24) is 15.1 Å². The Morgan fingerprint density at radius 1 is 1.11 bits per heavy atom. The second-order valence-electron chi connectivity index (χ2n) is 10.1. The van der Waals surface area contributed by atoms with Crippen LogP contribution >= 0.6 is 0 Å². The Bertz CT molecular complexity index is 853. The smallest absolute Gasteiger partial charge is 0.319 e. The van der Waals surface area contributed by atoms with Gasteiger partial charge in [-0.3, -0.25) is 9.59 Å². The minimum absolute atomic E-state index is 0.0227. The van der Waals surface area contributed by atoms with Crippen LogP contribution in [0.2, 0.25) is 0 Å². The van der Waals surface area contributed by atoms with Gasteiger partial charge < -0.3 is 25.2 Å². The molecule has 1 heterocycles. The molecule has 0 spiro atoms. The number of benzene rings is 1. The van der Waals surface area contributed by atoms with E-state index in [0.29, 0.717) is 43.4 Å². The van der Waals surface area contributed by atoms with E-state index in [-0.39, 0.29) is 23.8 Å². The molecule has 35 heavy (non-hydrogen) atoms. The molecule has 2 N–H and O–H groups in total. The molecular formula is C27H42N4O4. The SMILES string of the molecule is CC[C@H](C)[C@H](NC(=O)Nc1ccc(OC)cc1)C(=O)N1CCN(C(=O)CCC2CCCC2)[C@H](C)C1. The van der Waals surface area contributed by atoms with Crippen molar-refractivity contribution in [3.63, 3.8) is 0 Å². The van der Waals surface area contributed by atoms with Gasteiger partial charge in [-0.1, -0.05) is 46.0 Å². The van der Waals surface area contributed by atoms with Crippen molar-refractivity contribution in [2.45, 2.75) is 77.8 Å². The minimum Gasteiger partial charge on any atom is -0.497 e. The molecule has 4 amide bonds. The lowest BCUT2D eigenvalue weighted by molar-refractivity contribution is -0.144. The number of nitrogens with zero attached hydrogens (tertiary/aromatic N) is 2. The summed E-state index contributed by atoms with van der Waals surface area (Å²) in [5.41, 5.74) is 0.622. The average Bonchev–Trinajstić information content (AvgIpc) is 3.39. The van der Waals surface area contributed by atoms with Crippen molar-refractivity contribution in [1.29, 1.82) is 0 Å². The van der Waals surface area contributed by atoms with Crippen LogP contribution in [0.15, 0.2) is 24.3 Å². The lowest BCUT2D eigenvalue weighted by atomic mass is 9.97. The Hall–Kier alpha value is -2.77. The third-order valence-corrected chi connectivity index (χ3v) is 7.61. The number of urea groups is 1. The summed E-state index contributed by atoms with van der Waals surface area (Å²) in [5.74, 6) is 1.49. The van der Waals surface area contributed by atoms with Gasteiger partial charge in [0.15, 0.2) is 0 Å². The number of carbonyl (C=O) groups excluding carboxylic acids is 3. The Morgan fingerprint density at radius 3 is 2.40 bits per heavy atom. The Kier molecular flexibility index (Phi) is 9.81. The molecule has 2 fully saturated rings. The number of anilines is 1. The van der Waals surface area contributed by atoms with Gasteiger partial charge in [-0.25, -0.2) is 4.79 Å². The fraction of sp³-hybridized carbons (Fsp3) is 0.667. The third kappa shape index (κ3) is 7.36. The number of hydrogen-bond acceptors (Lipinski definition) is 4. The van der Waals surface area contributed by atoms with Crippen molar-refractivity contribution in [2.24, 2.45) is 11.8 Å². The molecule has 194 valence electrons. The number of methoxy groups -OCH3 is 1. The maximum absolute atomic E-state index is 13.5. The van der Waals surface area contributed by atoms with Gasteiger partial charge in [-0.2, -0.15) is 0 Å². The molecule has 3 rings (SSSR count). The summed E-state index contributed by atoms with van der Waals surface area (Å²) in [7, 11) is 1.59. The van der Waals surface area contributed by atoms with Gasteiger partial charge in [0.2, 0.25) is 11.8 Å². The summed E-state index contributed by atoms with van der Waals surface area (Å²) in [6.45, 7) is 7.52. The van der Waals surface area contributed by atoms with E-state index >= 15 is 0 Å². The molecule has 0 aromatic heterocycles. The summed E-state index contributed by atoms with van der Waals surface area (Å²) >= 11 is 0. The molecule has 1 aromatic rings. The first-order valence-corrected chi connectivity index (χ1v) is 13.1. The lowest BCUT2D eigenvalue weighted by Gasteiger charge is -2.41. The molecule has 1 saturated heterocycles. The molecule has 1 saturated carbocycles. The predicted molar refractivity (Wildman–Crippen MR) is 137 cm³/mol. The average molecular weight is 487 g/mol. The Balaban J connectivity index is 1.54. The number of hydrogen-bond donors (Lipinski definition) is 2. The van der Waals surface area contributed by atoms with E-state index in [2.05, 4.69) is 10.6 Å². The quantitative estimate of drug-likeness (QED) is 0.546. The lowest BCUT2D eigenvalue weighted by Crippen LogP contribution is -2.60. The summed E-state index contributed by atoms with van der Waals surface area (Å²) in [6, 6.07) is 5.96. The summed E-state index contributed by atoms with van der Waals surface area (Å²) in [6.07, 6.45) is 7.43. The van der Waals surface area contributed by atoms with Crippen molar-refractivity contribution in [3.05, 3.63) is 24.3 Å². The van der Waals surface area contributed by atoms with E-state index in [4.69, 9.17) is 4.74 Å². The predicted octanol–water partition coefficient (Wildman–Crippen LogP) is 4.26. The first kappa shape index (κ1) is 26.8. The number of ether oxygens (including phenoxy) is 1. The highest BCUT2D eigenvalue weighted by molar-refractivity contribution is 5.94. The first-order chi connectivity index (χ1) is 16.8. The fourth-order valence-electron chi connectivity index (χ4n) is 5.16. The van der Waals surface area contributed by atoms with Crippen molar-refractivity contribution < 1.29 is 19.1 Å². The van der Waals surface area contributed by atoms with Gasteiger partial charge in [-0.15, -0.1) is 0 Å². The van der Waals surface area contributed by atoms with Crippen LogP contribution < -0.4 is 15.4 Å². The second-order valence-corrected chi connectivity index (χ2v) is 10.1. The van der Waals surface area contributed by atoms with Crippen LogP contribution in [0.5, 0.6) is 5.75 Å². The molecule has 1 aliphatic heterocycles. The van der Waals surface area contributed by atoms with Crippen LogP contribution in [-0.2, 0) is 9.59 Å². The Labute approximate surface area is 209 Å². The zero-order chi connectivity index (χ0) is 25.4. The van der Waals surface area contributed by atoms with E-state index in [1.165, 1.54) is 25.7 Å². The second kappa shape index (κ2) is 12.8. The van der Waals surface area contributed by atoms with Gasteiger partial charge in [0.1, 0.15) is 11.8 Å². The molecule has 8 nitrogen and oxygen atoms in total. The molecule has 1 aromatic carbocycles. The van der Waals surface area contributed by atoms with Gasteiger partial charge in [0, 0.05) is 37.8 Å². The minimum atomic E-state index is -0.630. The third-order valence-electron chi connectivity index (χ3n) is 7.61. The van der Waals surface area contributed by atoms with Crippen LogP contribution in [-0.4, -0.2) is 66.5 Å². The number of amides is 4. The van der Waals surface area contributed by atoms with E-state index in [1.807, 2.05) is 25.7 Å². The topological polar surface area (TPSA) is 91.0 Å². The molecule has 0 radical (unpaired) electrons. The van der Waals surface area contributed by atoms with Crippen LogP contribution in [0.1, 0.15) is 65.7 Å². The van der Waals surface area contributed by atoms with E-state index in [1.54, 1.807) is 36.3 Å². The monoisotopic (exact) mass is 486 g/mol. The molecule has 2 aliphatic rings. The molecule has 0 bridgehead atoms. The van der Waals surface area contributed by atoms with Crippen LogP contribution in [0, 0.1) is 11.8 Å². The zero-order valence-electron chi connectivity index (χ0n) is 21.7. The molecule has 1 aliphatic carbocycles. The fourth-order valence-corrected chi connectivity index (χ4v) is 5.16. The van der Waals surface area contributed by atoms with Crippen molar-refractivity contribution in [3.8, 4) is 5.75 Å². The number of nitrogens with one attached hydrogen (secondary N) is 2. The summed E-state index contributed by atoms with van der Waals surface area (Å²) in [4.78, 5) is 42.7. The van der Waals surface area contributed by atoms with E-state index in [9.17, 15) is 14.4 Å². The number of carbonyl (C=O) groups is 3. The molecule has 3 atom stereocenters. The number of piperazine rings is 1. The van der Waals surface area contributed by atoms with Gasteiger partial charge in [0.25, 0.3) is 0 Å². The highest BCUT2D eigenvalue weighted by Gasteiger charge is 2.35. The van der Waals surface area contributed by atoms with Gasteiger partial charge >= 0.3 is 6.03 Å². The highest BCUT2D eigenvalue weighted by Crippen LogP contribution is 2.29. The van der Waals surface area contributed by atoms with Gasteiger partial charge in [0.05, 0.1) is 7.11 Å². The maximum Gasteiger partial charge on any atom is 0.319 e. The zero-order valence-corrected chi connectivity index (χ0v) is 21.7. The highest BCUT2D eigenvalue weighted by atomic mass is 16.5. The van der Waals surface area contributed by atoms with Gasteiger partial charge in [-0.05, 0) is 49.4 Å². The van der Waals surface area contributed by atoms with Crippen LogP contribution in [0.4, 0.5) is 10.5 Å². The summed E-state index contributed by atoms with van der Waals surface area (Å²) in [5, 5.41) is 5.69. The summed E-state index contributed by atoms with van der Waals surface area (Å²) < 4.78 is 5.15. The standard InChI is InChI=1S/C27H42N4O4/c1-5-19(2)25(29-27(34)28-22-11-13-23(35-4)14-12-22)26(33)30-16-17-31(20(3)18-30)24(32)15-10-21-8-6-7-9-21/h11-14,19-21,25H,5-10,15-18H2,1-4H3,(H2,28,29,34)/t19-,20+,25-/m0/s1. The normalized spacial score (nSPS) is 20.3. The Morgan fingerprint density at radius 2 is 1.80 bits per heavy atom. The number of rotatable bonds is 9. The largest absolute Gasteiger partial charge is 0.497 e. The van der Waals surface area contributed by atoms with E-state index in [0.717, 1.165) is 12.8 Å². The van der Waals surface area contributed by atoms with Crippen LogP contribution in [0.25, 0.3) is 0 Å². The van der Waals surface area contributed by atoms with Crippen molar-refractivity contribution >= 4 is 23.5 Å². The van der Waals surface area contributed by atoms with Crippen molar-refractivity contribution in [2.75, 3.05) is 32.1 Å². The first-order valence-electron chi connectivity index (χ1n) is 13.1. The van der Waals surface area contributed by atoms with Crippen LogP contribution in [0.3, 0.4) is 0 Å². The molecule has 8 heteroatoms. The molecular weight excluding hydrogens is 444 g/mol. The van der Waals surface area contributed by atoms with E-state index < -0.39 is 12.1 Å².